The topological polar surface area (TPSA) is 81.4 Å². The summed E-state index contributed by atoms with van der Waals surface area (Å²) in [6.07, 6.45) is 0. The van der Waals surface area contributed by atoms with E-state index in [1.165, 1.54) is 24.5 Å². The third-order valence-corrected chi connectivity index (χ3v) is 5.02. The molecule has 2 aromatic carbocycles. The van der Waals surface area contributed by atoms with Gasteiger partial charge in [-0.25, -0.2) is 0 Å². The number of hydrogen-bond donors (Lipinski definition) is 2. The lowest BCUT2D eigenvalue weighted by Gasteiger charge is -2.09. The van der Waals surface area contributed by atoms with Gasteiger partial charge in [0.1, 0.15) is 10.8 Å². The second-order valence-corrected chi connectivity index (χ2v) is 6.87. The fraction of sp³-hybridized carbons (Fsp3) is 0.0526. The summed E-state index contributed by atoms with van der Waals surface area (Å²) in [4.78, 5) is 25.3. The summed E-state index contributed by atoms with van der Waals surface area (Å²) in [6.45, 7) is 0. The number of nitrogens with one attached hydrogen (secondary N) is 1. The summed E-state index contributed by atoms with van der Waals surface area (Å²) in [5.41, 5.74) is 6.92. The molecule has 0 fully saturated rings. The molecule has 5 nitrogen and oxygen atoms in total. The van der Waals surface area contributed by atoms with Crippen molar-refractivity contribution in [3.8, 4) is 16.2 Å². The van der Waals surface area contributed by atoms with E-state index in [1.807, 2.05) is 30.3 Å². The maximum absolute atomic E-state index is 12.7. The molecule has 7 heteroatoms. The number of carbonyl (C=O) groups excluding carboxylic acids is 2. The normalized spacial score (nSPS) is 10.4. The van der Waals surface area contributed by atoms with E-state index < -0.39 is 11.8 Å². The minimum absolute atomic E-state index is 0.253. The van der Waals surface area contributed by atoms with Gasteiger partial charge in [0.05, 0.1) is 18.2 Å². The van der Waals surface area contributed by atoms with Gasteiger partial charge in [0.15, 0.2) is 0 Å². The van der Waals surface area contributed by atoms with Crippen molar-refractivity contribution in [1.29, 1.82) is 0 Å². The molecule has 0 atom stereocenters. The van der Waals surface area contributed by atoms with Crippen molar-refractivity contribution >= 4 is 39.8 Å². The number of primary amides is 1. The Morgan fingerprint density at radius 1 is 1.08 bits per heavy atom. The Morgan fingerprint density at radius 2 is 1.81 bits per heavy atom. The van der Waals surface area contributed by atoms with Crippen LogP contribution in [-0.4, -0.2) is 18.9 Å². The number of halogens is 1. The second-order valence-electron chi connectivity index (χ2n) is 5.38. The van der Waals surface area contributed by atoms with Gasteiger partial charge in [-0.2, -0.15) is 0 Å². The van der Waals surface area contributed by atoms with Crippen molar-refractivity contribution in [2.45, 2.75) is 0 Å². The predicted octanol–water partition coefficient (Wildman–Crippen LogP) is 4.43. The van der Waals surface area contributed by atoms with Crippen LogP contribution in [0.4, 0.5) is 5.00 Å². The molecule has 0 bridgehead atoms. The Hall–Kier alpha value is -2.83. The van der Waals surface area contributed by atoms with Crippen LogP contribution in [0.15, 0.2) is 54.6 Å². The van der Waals surface area contributed by atoms with Crippen molar-refractivity contribution in [3.05, 3.63) is 70.7 Å². The van der Waals surface area contributed by atoms with E-state index in [-0.39, 0.29) is 11.1 Å². The number of amides is 2. The van der Waals surface area contributed by atoms with Crippen LogP contribution in [0.25, 0.3) is 10.4 Å². The zero-order valence-corrected chi connectivity index (χ0v) is 15.4. The van der Waals surface area contributed by atoms with Crippen molar-refractivity contribution in [2.75, 3.05) is 12.4 Å². The van der Waals surface area contributed by atoms with Crippen molar-refractivity contribution in [3.63, 3.8) is 0 Å². The van der Waals surface area contributed by atoms with Gasteiger partial charge in [0, 0.05) is 9.90 Å². The fourth-order valence-corrected chi connectivity index (χ4v) is 3.68. The van der Waals surface area contributed by atoms with Crippen LogP contribution >= 0.6 is 22.9 Å². The maximum atomic E-state index is 12.7. The Bertz CT molecular complexity index is 970. The number of benzene rings is 2. The molecule has 0 saturated heterocycles. The first-order chi connectivity index (χ1) is 12.5. The molecule has 0 aliphatic carbocycles. The van der Waals surface area contributed by atoms with Crippen molar-refractivity contribution < 1.29 is 14.3 Å². The molecular weight excluding hydrogens is 372 g/mol. The molecule has 3 N–H and O–H groups in total. The molecule has 132 valence electrons. The third kappa shape index (κ3) is 3.71. The number of anilines is 1. The number of hydrogen-bond acceptors (Lipinski definition) is 4. The van der Waals surface area contributed by atoms with Crippen LogP contribution in [0, 0.1) is 0 Å². The van der Waals surface area contributed by atoms with Gasteiger partial charge in [-0.1, -0.05) is 41.9 Å². The SMILES string of the molecule is COc1ccc(Cl)cc1C(=O)Nc1sc(-c2ccccc2)cc1C(N)=O. The van der Waals surface area contributed by atoms with E-state index in [0.717, 1.165) is 10.4 Å². The molecule has 0 unspecified atom stereocenters. The average molecular weight is 387 g/mol. The number of nitrogens with two attached hydrogens (primary N) is 1. The first kappa shape index (κ1) is 18.0. The monoisotopic (exact) mass is 386 g/mol. The molecule has 2 amide bonds. The second kappa shape index (κ2) is 7.59. The summed E-state index contributed by atoms with van der Waals surface area (Å²) in [7, 11) is 1.47. The molecule has 3 rings (SSSR count). The van der Waals surface area contributed by atoms with Gasteiger partial charge in [-0.3, -0.25) is 9.59 Å². The minimum Gasteiger partial charge on any atom is -0.496 e. The highest BCUT2D eigenvalue weighted by atomic mass is 35.5. The maximum Gasteiger partial charge on any atom is 0.260 e. The minimum atomic E-state index is -0.614. The molecule has 0 spiro atoms. The quantitative estimate of drug-likeness (QED) is 0.680. The lowest BCUT2D eigenvalue weighted by atomic mass is 10.1. The summed E-state index contributed by atoms with van der Waals surface area (Å²) in [5, 5.41) is 3.52. The zero-order valence-electron chi connectivity index (χ0n) is 13.8. The van der Waals surface area contributed by atoms with Gasteiger partial charge in [-0.05, 0) is 29.8 Å². The van der Waals surface area contributed by atoms with Crippen LogP contribution in [0.1, 0.15) is 20.7 Å². The lowest BCUT2D eigenvalue weighted by Crippen LogP contribution is -2.17. The molecule has 26 heavy (non-hydrogen) atoms. The van der Waals surface area contributed by atoms with Crippen LogP contribution in [0.2, 0.25) is 5.02 Å². The van der Waals surface area contributed by atoms with E-state index >= 15 is 0 Å². The summed E-state index contributed by atoms with van der Waals surface area (Å²) in [6, 6.07) is 16.0. The molecule has 0 aliphatic heterocycles. The standard InChI is InChI=1S/C19H15ClN2O3S/c1-25-15-8-7-12(20)9-13(15)18(24)22-19-14(17(21)23)10-16(26-19)11-5-3-2-4-6-11/h2-10H,1H3,(H2,21,23)(H,22,24). The molecule has 1 heterocycles. The highest BCUT2D eigenvalue weighted by Gasteiger charge is 2.19. The number of ether oxygens (including phenoxy) is 1. The number of rotatable bonds is 5. The Kier molecular flexibility index (Phi) is 5.25. The largest absolute Gasteiger partial charge is 0.496 e. The van der Waals surface area contributed by atoms with Crippen LogP contribution in [0.3, 0.4) is 0 Å². The molecular formula is C19H15ClN2O3S. The molecule has 0 saturated carbocycles. The number of carbonyl (C=O) groups is 2. The fourth-order valence-electron chi connectivity index (χ4n) is 2.44. The Morgan fingerprint density at radius 3 is 2.46 bits per heavy atom. The summed E-state index contributed by atoms with van der Waals surface area (Å²) >= 11 is 7.25. The smallest absolute Gasteiger partial charge is 0.260 e. The van der Waals surface area contributed by atoms with Crippen molar-refractivity contribution in [2.24, 2.45) is 5.73 Å². The molecule has 0 aliphatic rings. The van der Waals surface area contributed by atoms with Gasteiger partial charge >= 0.3 is 0 Å². The van der Waals surface area contributed by atoms with E-state index in [1.54, 1.807) is 18.2 Å². The van der Waals surface area contributed by atoms with Crippen molar-refractivity contribution in [1.82, 2.24) is 0 Å². The van der Waals surface area contributed by atoms with E-state index in [0.29, 0.717) is 15.8 Å². The van der Waals surface area contributed by atoms with Crippen LogP contribution < -0.4 is 15.8 Å². The van der Waals surface area contributed by atoms with Gasteiger partial charge in [0.25, 0.3) is 11.8 Å². The zero-order chi connectivity index (χ0) is 18.7. The average Bonchev–Trinajstić information content (AvgIpc) is 3.06. The van der Waals surface area contributed by atoms with Gasteiger partial charge in [0.2, 0.25) is 0 Å². The van der Waals surface area contributed by atoms with Gasteiger partial charge < -0.3 is 15.8 Å². The highest BCUT2D eigenvalue weighted by molar-refractivity contribution is 7.20. The first-order valence-corrected chi connectivity index (χ1v) is 8.83. The Labute approximate surface area is 159 Å². The first-order valence-electron chi connectivity index (χ1n) is 7.63. The predicted molar refractivity (Wildman–Crippen MR) is 104 cm³/mol. The summed E-state index contributed by atoms with van der Waals surface area (Å²) < 4.78 is 5.20. The number of methoxy groups -OCH3 is 1. The molecule has 0 radical (unpaired) electrons. The Balaban J connectivity index is 1.97. The third-order valence-electron chi connectivity index (χ3n) is 3.69. The highest BCUT2D eigenvalue weighted by Crippen LogP contribution is 2.36. The van der Waals surface area contributed by atoms with E-state index in [9.17, 15) is 9.59 Å². The van der Waals surface area contributed by atoms with E-state index in [4.69, 9.17) is 22.1 Å². The summed E-state index contributed by atoms with van der Waals surface area (Å²) in [5.74, 6) is -0.669. The van der Waals surface area contributed by atoms with Crippen LogP contribution in [0.5, 0.6) is 5.75 Å². The molecule has 3 aromatic rings. The van der Waals surface area contributed by atoms with E-state index in [2.05, 4.69) is 5.32 Å². The lowest BCUT2D eigenvalue weighted by molar-refractivity contribution is 0.100. The number of thiophene rings is 1. The molecule has 1 aromatic heterocycles. The van der Waals surface area contributed by atoms with Gasteiger partial charge in [-0.15, -0.1) is 11.3 Å². The van der Waals surface area contributed by atoms with Crippen LogP contribution in [-0.2, 0) is 0 Å².